The van der Waals surface area contributed by atoms with Gasteiger partial charge in [-0.2, -0.15) is 13.2 Å². The summed E-state index contributed by atoms with van der Waals surface area (Å²) in [4.78, 5) is 30.7. The quantitative estimate of drug-likeness (QED) is 0.585. The van der Waals surface area contributed by atoms with Crippen molar-refractivity contribution in [2.24, 2.45) is 4.99 Å². The lowest BCUT2D eigenvalue weighted by molar-refractivity contribution is -0.137. The molecule has 2 heterocycles. The van der Waals surface area contributed by atoms with E-state index in [1.807, 2.05) is 6.08 Å². The number of carbonyl (C=O) groups is 2. The van der Waals surface area contributed by atoms with Crippen molar-refractivity contribution >= 4 is 45.3 Å². The molecule has 0 atom stereocenters. The van der Waals surface area contributed by atoms with E-state index in [0.717, 1.165) is 17.0 Å². The first kappa shape index (κ1) is 23.7. The van der Waals surface area contributed by atoms with E-state index in [9.17, 15) is 31.2 Å². The highest BCUT2D eigenvalue weighted by molar-refractivity contribution is 7.92. The van der Waals surface area contributed by atoms with Gasteiger partial charge in [-0.1, -0.05) is 23.8 Å². The van der Waals surface area contributed by atoms with Crippen LogP contribution in [0.3, 0.4) is 0 Å². The summed E-state index contributed by atoms with van der Waals surface area (Å²) in [6.07, 6.45) is 2.87. The Kier molecular flexibility index (Phi) is 6.09. The van der Waals surface area contributed by atoms with Gasteiger partial charge in [0.25, 0.3) is 21.8 Å². The molecule has 12 heteroatoms. The molecule has 0 radical (unpaired) electrons. The van der Waals surface area contributed by atoms with Crippen molar-refractivity contribution in [2.75, 3.05) is 4.72 Å². The largest absolute Gasteiger partial charge is 0.416 e. The molecule has 0 saturated carbocycles. The number of benzene rings is 2. The van der Waals surface area contributed by atoms with Crippen LogP contribution >= 0.6 is 11.6 Å². The Morgan fingerprint density at radius 3 is 2.32 bits per heavy atom. The Balaban J connectivity index is 1.72. The van der Waals surface area contributed by atoms with Crippen LogP contribution in [0.4, 0.5) is 18.9 Å². The second kappa shape index (κ2) is 8.73. The highest BCUT2D eigenvalue weighted by atomic mass is 35.5. The number of fused-ring (bicyclic) bond motifs is 1. The molecule has 2 aromatic rings. The van der Waals surface area contributed by atoms with Crippen molar-refractivity contribution in [3.8, 4) is 0 Å². The molecular formula is C22H15ClF3N3O4S. The summed E-state index contributed by atoms with van der Waals surface area (Å²) in [5.74, 6) is -1.56. The molecular weight excluding hydrogens is 495 g/mol. The van der Waals surface area contributed by atoms with Crippen LogP contribution in [-0.2, 0) is 16.2 Å². The average Bonchev–Trinajstić information content (AvgIpc) is 3.01. The molecule has 2 aromatic carbocycles. The van der Waals surface area contributed by atoms with Gasteiger partial charge in [-0.25, -0.2) is 13.3 Å². The van der Waals surface area contributed by atoms with E-state index in [2.05, 4.69) is 9.71 Å². The van der Waals surface area contributed by atoms with Gasteiger partial charge in [0.05, 0.1) is 44.2 Å². The fourth-order valence-electron chi connectivity index (χ4n) is 3.45. The first-order valence-corrected chi connectivity index (χ1v) is 11.7. The van der Waals surface area contributed by atoms with E-state index in [0.29, 0.717) is 25.0 Å². The maximum absolute atomic E-state index is 13.2. The molecule has 7 nitrogen and oxygen atoms in total. The minimum Gasteiger partial charge on any atom is -0.279 e. The second-order valence-electron chi connectivity index (χ2n) is 7.29. The summed E-state index contributed by atoms with van der Waals surface area (Å²) in [6.45, 7) is 0. The maximum Gasteiger partial charge on any atom is 0.416 e. The van der Waals surface area contributed by atoms with Crippen LogP contribution in [0.15, 0.2) is 70.3 Å². The third-order valence-corrected chi connectivity index (χ3v) is 6.76. The van der Waals surface area contributed by atoms with E-state index < -0.39 is 38.5 Å². The highest BCUT2D eigenvalue weighted by Crippen LogP contribution is 2.37. The Bertz CT molecular complexity index is 1380. The topological polar surface area (TPSA) is 95.9 Å². The number of hydrogen-bond donors (Lipinski definition) is 1. The third kappa shape index (κ3) is 4.36. The van der Waals surface area contributed by atoms with Gasteiger partial charge in [-0.15, -0.1) is 0 Å². The summed E-state index contributed by atoms with van der Waals surface area (Å²) < 4.78 is 66.2. The molecule has 2 aliphatic heterocycles. The summed E-state index contributed by atoms with van der Waals surface area (Å²) in [6, 6.07) is 5.32. The molecule has 2 amide bonds. The fourth-order valence-corrected chi connectivity index (χ4v) is 4.76. The van der Waals surface area contributed by atoms with Crippen LogP contribution in [0, 0.1) is 0 Å². The van der Waals surface area contributed by atoms with Crippen molar-refractivity contribution in [1.82, 2.24) is 4.90 Å². The van der Waals surface area contributed by atoms with Crippen LogP contribution in [0.25, 0.3) is 0 Å². The number of halogens is 4. The molecule has 0 spiro atoms. The highest BCUT2D eigenvalue weighted by Gasteiger charge is 2.41. The third-order valence-electron chi connectivity index (χ3n) is 5.07. The number of alkyl halides is 3. The molecule has 0 aromatic heterocycles. The van der Waals surface area contributed by atoms with Gasteiger partial charge in [0.1, 0.15) is 0 Å². The first-order chi connectivity index (χ1) is 16.0. The van der Waals surface area contributed by atoms with E-state index >= 15 is 0 Å². The number of allylic oxidation sites excluding steroid dienone is 3. The smallest absolute Gasteiger partial charge is 0.279 e. The summed E-state index contributed by atoms with van der Waals surface area (Å²) in [5, 5.41) is -0.0587. The minimum absolute atomic E-state index is 0.0587. The van der Waals surface area contributed by atoms with E-state index in [1.54, 1.807) is 6.08 Å². The Labute approximate surface area is 197 Å². The van der Waals surface area contributed by atoms with Crippen LogP contribution < -0.4 is 4.72 Å². The van der Waals surface area contributed by atoms with Crippen LogP contribution in [0.5, 0.6) is 0 Å². The number of nitrogens with zero attached hydrogens (tertiary/aromatic N) is 2. The molecule has 0 aliphatic carbocycles. The predicted octanol–water partition coefficient (Wildman–Crippen LogP) is 5.02. The van der Waals surface area contributed by atoms with E-state index in [4.69, 9.17) is 11.6 Å². The lowest BCUT2D eigenvalue weighted by Crippen LogP contribution is -2.30. The number of anilines is 1. The minimum atomic E-state index is -4.63. The maximum atomic E-state index is 13.2. The molecule has 176 valence electrons. The fraction of sp³-hybridized carbons (Fsp3) is 0.136. The second-order valence-corrected chi connectivity index (χ2v) is 9.38. The van der Waals surface area contributed by atoms with Crippen LogP contribution in [0.1, 0.15) is 39.1 Å². The first-order valence-electron chi connectivity index (χ1n) is 9.80. The number of aliphatic imine (C=N–C) groups is 1. The number of rotatable bonds is 4. The number of nitrogens with one attached hydrogen (secondary N) is 1. The molecule has 0 saturated heterocycles. The van der Waals surface area contributed by atoms with Crippen molar-refractivity contribution < 1.29 is 31.2 Å². The van der Waals surface area contributed by atoms with Gasteiger partial charge in [-0.05, 0) is 49.2 Å². The van der Waals surface area contributed by atoms with Gasteiger partial charge < -0.3 is 0 Å². The molecule has 2 aliphatic rings. The van der Waals surface area contributed by atoms with Crippen molar-refractivity contribution in [2.45, 2.75) is 23.9 Å². The van der Waals surface area contributed by atoms with Crippen LogP contribution in [-0.4, -0.2) is 31.3 Å². The van der Waals surface area contributed by atoms with E-state index in [-0.39, 0.29) is 27.5 Å². The zero-order valence-electron chi connectivity index (χ0n) is 17.1. The van der Waals surface area contributed by atoms with Crippen molar-refractivity contribution in [3.05, 3.63) is 82.2 Å². The lowest BCUT2D eigenvalue weighted by atomic mass is 10.1. The SMILES string of the molecule is O=C1c2c(Cl)ccc(NS(=O)(=O)c3ccc(C(F)(F)F)cc3)c2C(=O)N1C1=C/CC/C=C/N=C\1. The zero-order chi connectivity index (χ0) is 24.7. The van der Waals surface area contributed by atoms with Gasteiger partial charge >= 0.3 is 6.18 Å². The predicted molar refractivity (Wildman–Crippen MR) is 119 cm³/mol. The summed E-state index contributed by atoms with van der Waals surface area (Å²) in [5.41, 5.74) is -1.49. The molecule has 4 rings (SSSR count). The number of imide groups is 1. The van der Waals surface area contributed by atoms with Gasteiger partial charge in [0.2, 0.25) is 0 Å². The standard InChI is InChI=1S/C22H15ClF3N3O4S/c23-16-9-10-17(28-34(32,33)15-7-5-13(6-8-15)22(24,25)26)19-18(16)20(30)29(21(19)31)14-4-2-1-3-11-27-12-14/h3-12,28H,1-2H2/b11-3+,14-4+,27-12-. The normalized spacial score (nSPS) is 19.6. The monoisotopic (exact) mass is 509 g/mol. The summed E-state index contributed by atoms with van der Waals surface area (Å²) >= 11 is 6.16. The van der Waals surface area contributed by atoms with Crippen molar-refractivity contribution in [3.63, 3.8) is 0 Å². The molecule has 34 heavy (non-hydrogen) atoms. The Morgan fingerprint density at radius 2 is 1.65 bits per heavy atom. The number of sulfonamides is 1. The molecule has 0 fully saturated rings. The van der Waals surface area contributed by atoms with Gasteiger partial charge in [0.15, 0.2) is 0 Å². The van der Waals surface area contributed by atoms with Crippen molar-refractivity contribution in [1.29, 1.82) is 0 Å². The number of hydrogen-bond acceptors (Lipinski definition) is 5. The lowest BCUT2D eigenvalue weighted by Gasteiger charge is -2.15. The summed E-state index contributed by atoms with van der Waals surface area (Å²) in [7, 11) is -4.40. The zero-order valence-corrected chi connectivity index (χ0v) is 18.7. The Hall–Kier alpha value is -3.44. The Morgan fingerprint density at radius 1 is 0.971 bits per heavy atom. The number of carbonyl (C=O) groups excluding carboxylic acids is 2. The average molecular weight is 510 g/mol. The molecule has 0 unspecified atom stereocenters. The van der Waals surface area contributed by atoms with E-state index in [1.165, 1.54) is 24.5 Å². The molecule has 1 N–H and O–H groups in total. The molecule has 0 bridgehead atoms. The van der Waals surface area contributed by atoms with Gasteiger partial charge in [0, 0.05) is 6.20 Å². The van der Waals surface area contributed by atoms with Gasteiger partial charge in [-0.3, -0.25) is 19.3 Å². The number of amides is 2. The van der Waals surface area contributed by atoms with Crippen LogP contribution in [0.2, 0.25) is 5.02 Å².